The summed E-state index contributed by atoms with van der Waals surface area (Å²) in [6.07, 6.45) is 1.41. The molecular weight excluding hydrogens is 226 g/mol. The Bertz CT molecular complexity index is 449. The van der Waals surface area contributed by atoms with Crippen molar-refractivity contribution in [2.45, 2.75) is 26.7 Å². The Kier molecular flexibility index (Phi) is 5.72. The number of benzene rings is 1. The van der Waals surface area contributed by atoms with Gasteiger partial charge >= 0.3 is 0 Å². The van der Waals surface area contributed by atoms with Crippen LogP contribution in [0.5, 0.6) is 0 Å². The summed E-state index contributed by atoms with van der Waals surface area (Å²) in [6.45, 7) is 5.30. The molecule has 2 N–H and O–H groups in total. The van der Waals surface area contributed by atoms with E-state index in [0.29, 0.717) is 18.5 Å². The molecule has 4 nitrogen and oxygen atoms in total. The van der Waals surface area contributed by atoms with E-state index in [-0.39, 0.29) is 5.91 Å². The quantitative estimate of drug-likeness (QED) is 0.807. The highest BCUT2D eigenvalue weighted by molar-refractivity contribution is 5.76. The van der Waals surface area contributed by atoms with Gasteiger partial charge < -0.3 is 10.6 Å². The van der Waals surface area contributed by atoms with Crippen molar-refractivity contribution >= 4 is 11.6 Å². The fourth-order valence-corrected chi connectivity index (χ4v) is 1.60. The number of carbonyl (C=O) groups is 1. The van der Waals surface area contributed by atoms with E-state index in [1.165, 1.54) is 0 Å². The molecule has 0 aromatic heterocycles. The molecule has 0 aliphatic carbocycles. The van der Waals surface area contributed by atoms with E-state index >= 15 is 0 Å². The molecule has 0 aliphatic rings. The molecule has 96 valence electrons. The summed E-state index contributed by atoms with van der Waals surface area (Å²) in [5.74, 6) is 0.0654. The van der Waals surface area contributed by atoms with Crippen molar-refractivity contribution in [1.82, 2.24) is 5.32 Å². The molecule has 4 heteroatoms. The van der Waals surface area contributed by atoms with Gasteiger partial charge in [-0.25, -0.2) is 0 Å². The van der Waals surface area contributed by atoms with Gasteiger partial charge in [-0.05, 0) is 37.1 Å². The van der Waals surface area contributed by atoms with Gasteiger partial charge in [-0.2, -0.15) is 5.26 Å². The van der Waals surface area contributed by atoms with E-state index in [1.807, 2.05) is 26.0 Å². The Hall–Kier alpha value is -2.02. The minimum absolute atomic E-state index is 0.0654. The number of nitrogens with one attached hydrogen (secondary N) is 2. The predicted octanol–water partition coefficient (Wildman–Crippen LogP) is 2.19. The molecular formula is C14H19N3O. The van der Waals surface area contributed by atoms with E-state index in [9.17, 15) is 4.79 Å². The molecule has 1 amide bonds. The van der Waals surface area contributed by atoms with Gasteiger partial charge in [0.2, 0.25) is 5.91 Å². The Balaban J connectivity index is 2.40. The van der Waals surface area contributed by atoms with Gasteiger partial charge in [0.05, 0.1) is 11.6 Å². The molecule has 18 heavy (non-hydrogen) atoms. The van der Waals surface area contributed by atoms with Crippen LogP contribution in [-0.4, -0.2) is 19.0 Å². The Labute approximate surface area is 108 Å². The number of anilines is 1. The van der Waals surface area contributed by atoms with Crippen LogP contribution in [0.15, 0.2) is 18.2 Å². The van der Waals surface area contributed by atoms with E-state index in [1.54, 1.807) is 6.07 Å². The lowest BCUT2D eigenvalue weighted by Crippen LogP contribution is -2.25. The highest BCUT2D eigenvalue weighted by Gasteiger charge is 2.02. The van der Waals surface area contributed by atoms with Crippen LogP contribution < -0.4 is 10.6 Å². The Morgan fingerprint density at radius 1 is 1.39 bits per heavy atom. The molecule has 0 unspecified atom stereocenters. The zero-order valence-electron chi connectivity index (χ0n) is 10.9. The van der Waals surface area contributed by atoms with Gasteiger partial charge in [0.1, 0.15) is 0 Å². The van der Waals surface area contributed by atoms with Gasteiger partial charge in [0, 0.05) is 25.2 Å². The summed E-state index contributed by atoms with van der Waals surface area (Å²) in [6, 6.07) is 7.58. The largest absolute Gasteiger partial charge is 0.384 e. The lowest BCUT2D eigenvalue weighted by Gasteiger charge is -2.09. The van der Waals surface area contributed by atoms with Crippen LogP contribution in [0.3, 0.4) is 0 Å². The average Bonchev–Trinajstić information content (AvgIpc) is 2.38. The van der Waals surface area contributed by atoms with Gasteiger partial charge in [-0.1, -0.05) is 6.92 Å². The minimum atomic E-state index is 0.0654. The Morgan fingerprint density at radius 3 is 2.78 bits per heavy atom. The number of amides is 1. The van der Waals surface area contributed by atoms with Gasteiger partial charge in [-0.15, -0.1) is 0 Å². The summed E-state index contributed by atoms with van der Waals surface area (Å²) >= 11 is 0. The first-order valence-corrected chi connectivity index (χ1v) is 6.18. The topological polar surface area (TPSA) is 64.9 Å². The molecule has 0 aliphatic heterocycles. The molecule has 0 atom stereocenters. The molecule has 0 heterocycles. The maximum atomic E-state index is 11.4. The number of nitrogens with zero attached hydrogens (tertiary/aromatic N) is 1. The molecule has 0 fully saturated rings. The molecule has 0 saturated carbocycles. The van der Waals surface area contributed by atoms with E-state index in [2.05, 4.69) is 16.7 Å². The van der Waals surface area contributed by atoms with Crippen molar-refractivity contribution in [3.8, 4) is 6.07 Å². The second kappa shape index (κ2) is 7.33. The first kappa shape index (κ1) is 14.0. The maximum Gasteiger partial charge on any atom is 0.221 e. The van der Waals surface area contributed by atoms with Crippen LogP contribution in [0.4, 0.5) is 5.69 Å². The second-order valence-corrected chi connectivity index (χ2v) is 4.17. The van der Waals surface area contributed by atoms with Crippen LogP contribution in [0.2, 0.25) is 0 Å². The fraction of sp³-hybridized carbons (Fsp3) is 0.429. The number of carbonyl (C=O) groups excluding carboxylic acids is 1. The van der Waals surface area contributed by atoms with Crippen LogP contribution in [0.25, 0.3) is 0 Å². The lowest BCUT2D eigenvalue weighted by atomic mass is 10.1. The van der Waals surface area contributed by atoms with Crippen molar-refractivity contribution in [3.63, 3.8) is 0 Å². The first-order valence-electron chi connectivity index (χ1n) is 6.18. The van der Waals surface area contributed by atoms with Crippen molar-refractivity contribution in [3.05, 3.63) is 29.3 Å². The SMILES string of the molecule is CCCNC(=O)CCNc1ccc(C#N)cc1C. The van der Waals surface area contributed by atoms with Crippen molar-refractivity contribution in [1.29, 1.82) is 5.26 Å². The summed E-state index contributed by atoms with van der Waals surface area (Å²) in [5, 5.41) is 14.8. The van der Waals surface area contributed by atoms with Crippen LogP contribution in [-0.2, 0) is 4.79 Å². The van der Waals surface area contributed by atoms with Gasteiger partial charge in [0.15, 0.2) is 0 Å². The van der Waals surface area contributed by atoms with Crippen molar-refractivity contribution in [2.24, 2.45) is 0 Å². The number of hydrogen-bond acceptors (Lipinski definition) is 3. The second-order valence-electron chi connectivity index (χ2n) is 4.17. The third kappa shape index (κ3) is 4.46. The van der Waals surface area contributed by atoms with E-state index in [0.717, 1.165) is 24.2 Å². The number of aryl methyl sites for hydroxylation is 1. The third-order valence-corrected chi connectivity index (χ3v) is 2.60. The van der Waals surface area contributed by atoms with E-state index < -0.39 is 0 Å². The van der Waals surface area contributed by atoms with Gasteiger partial charge in [-0.3, -0.25) is 4.79 Å². The normalized spacial score (nSPS) is 9.61. The lowest BCUT2D eigenvalue weighted by molar-refractivity contribution is -0.120. The highest BCUT2D eigenvalue weighted by atomic mass is 16.1. The number of hydrogen-bond donors (Lipinski definition) is 2. The number of rotatable bonds is 6. The monoisotopic (exact) mass is 245 g/mol. The molecule has 1 aromatic rings. The molecule has 0 saturated heterocycles. The minimum Gasteiger partial charge on any atom is -0.384 e. The van der Waals surface area contributed by atoms with Crippen LogP contribution >= 0.6 is 0 Å². The smallest absolute Gasteiger partial charge is 0.221 e. The van der Waals surface area contributed by atoms with Crippen molar-refractivity contribution < 1.29 is 4.79 Å². The molecule has 1 aromatic carbocycles. The fourth-order valence-electron chi connectivity index (χ4n) is 1.60. The first-order chi connectivity index (χ1) is 8.67. The Morgan fingerprint density at radius 2 is 2.17 bits per heavy atom. The highest BCUT2D eigenvalue weighted by Crippen LogP contribution is 2.15. The van der Waals surface area contributed by atoms with Gasteiger partial charge in [0.25, 0.3) is 0 Å². The van der Waals surface area contributed by atoms with Crippen molar-refractivity contribution in [2.75, 3.05) is 18.4 Å². The zero-order valence-corrected chi connectivity index (χ0v) is 10.9. The molecule has 0 radical (unpaired) electrons. The maximum absolute atomic E-state index is 11.4. The number of nitriles is 1. The summed E-state index contributed by atoms with van der Waals surface area (Å²) < 4.78 is 0. The van der Waals surface area contributed by atoms with Crippen LogP contribution in [0, 0.1) is 18.3 Å². The molecule has 0 bridgehead atoms. The van der Waals surface area contributed by atoms with E-state index in [4.69, 9.17) is 5.26 Å². The summed E-state index contributed by atoms with van der Waals surface area (Å²) in [7, 11) is 0. The molecule has 0 spiro atoms. The standard InChI is InChI=1S/C14H19N3O/c1-3-7-17-14(18)6-8-16-13-5-4-12(10-15)9-11(13)2/h4-5,9,16H,3,6-8H2,1-2H3,(H,17,18). The summed E-state index contributed by atoms with van der Waals surface area (Å²) in [4.78, 5) is 11.4. The average molecular weight is 245 g/mol. The van der Waals surface area contributed by atoms with Crippen LogP contribution in [0.1, 0.15) is 30.9 Å². The summed E-state index contributed by atoms with van der Waals surface area (Å²) in [5.41, 5.74) is 2.64. The molecule has 1 rings (SSSR count). The predicted molar refractivity (Wildman–Crippen MR) is 72.3 cm³/mol. The zero-order chi connectivity index (χ0) is 13.4. The third-order valence-electron chi connectivity index (χ3n) is 2.60.